The maximum atomic E-state index is 12.0. The molecule has 4 nitrogen and oxygen atoms in total. The molecule has 0 spiro atoms. The Labute approximate surface area is 138 Å². The Balaban J connectivity index is 1.56. The number of halogens is 1. The predicted octanol–water partition coefficient (Wildman–Crippen LogP) is 2.50. The summed E-state index contributed by atoms with van der Waals surface area (Å²) in [5.41, 5.74) is 0.748. The smallest absolute Gasteiger partial charge is 0.298 e. The summed E-state index contributed by atoms with van der Waals surface area (Å²) in [6.07, 6.45) is 1.79. The van der Waals surface area contributed by atoms with Crippen LogP contribution in [0, 0.1) is 11.8 Å². The zero-order chi connectivity index (χ0) is 15.5. The van der Waals surface area contributed by atoms with E-state index in [0.717, 1.165) is 10.7 Å². The Bertz CT molecular complexity index is 729. The zero-order valence-corrected chi connectivity index (χ0v) is 13.6. The van der Waals surface area contributed by atoms with Crippen molar-refractivity contribution in [2.24, 2.45) is 0 Å². The number of hydrogen-bond acceptors (Lipinski definition) is 4. The molecule has 2 aromatic rings. The van der Waals surface area contributed by atoms with Crippen LogP contribution in [0.25, 0.3) is 0 Å². The number of nitrogens with zero attached hydrogens (tertiary/aromatic N) is 3. The summed E-state index contributed by atoms with van der Waals surface area (Å²) in [4.78, 5) is 20.2. The van der Waals surface area contributed by atoms with Crippen LogP contribution >= 0.6 is 22.9 Å². The zero-order valence-electron chi connectivity index (χ0n) is 12.0. The molecule has 0 atom stereocenters. The van der Waals surface area contributed by atoms with Gasteiger partial charge in [0.2, 0.25) is 0 Å². The Morgan fingerprint density at radius 1 is 1.50 bits per heavy atom. The lowest BCUT2D eigenvalue weighted by Crippen LogP contribution is -2.60. The minimum Gasteiger partial charge on any atom is -0.345 e. The van der Waals surface area contributed by atoms with E-state index in [0.29, 0.717) is 24.2 Å². The molecular weight excluding hydrogens is 318 g/mol. The van der Waals surface area contributed by atoms with E-state index in [1.165, 1.54) is 0 Å². The number of aromatic nitrogens is 1. The van der Waals surface area contributed by atoms with Gasteiger partial charge >= 0.3 is 0 Å². The second-order valence-electron chi connectivity index (χ2n) is 5.05. The average Bonchev–Trinajstić information content (AvgIpc) is 2.97. The maximum absolute atomic E-state index is 12.0. The average molecular weight is 332 g/mol. The van der Waals surface area contributed by atoms with E-state index in [9.17, 15) is 4.79 Å². The standard InChI is InChI=1S/C16H14ClN3OS/c1-19(16-18-7-8-22-16)14-10-20(11-14)15(21)6-5-12-3-2-4-13(17)9-12/h2-4,7-9,14H,10-11H2,1H3. The van der Waals surface area contributed by atoms with Crippen LogP contribution in [0.3, 0.4) is 0 Å². The highest BCUT2D eigenvalue weighted by Gasteiger charge is 2.33. The lowest BCUT2D eigenvalue weighted by molar-refractivity contribution is -0.129. The molecule has 0 saturated carbocycles. The molecule has 22 heavy (non-hydrogen) atoms. The molecule has 112 valence electrons. The second-order valence-corrected chi connectivity index (χ2v) is 6.36. The van der Waals surface area contributed by atoms with Crippen molar-refractivity contribution in [3.05, 3.63) is 46.4 Å². The highest BCUT2D eigenvalue weighted by molar-refractivity contribution is 7.13. The number of thiazole rings is 1. The molecule has 1 saturated heterocycles. The van der Waals surface area contributed by atoms with Gasteiger partial charge < -0.3 is 9.80 Å². The third-order valence-corrected chi connectivity index (χ3v) is 4.65. The van der Waals surface area contributed by atoms with Crippen molar-refractivity contribution >= 4 is 34.0 Å². The van der Waals surface area contributed by atoms with E-state index in [1.807, 2.05) is 24.6 Å². The van der Waals surface area contributed by atoms with Gasteiger partial charge in [-0.2, -0.15) is 0 Å². The summed E-state index contributed by atoms with van der Waals surface area (Å²) < 4.78 is 0. The van der Waals surface area contributed by atoms with Gasteiger partial charge in [0.05, 0.1) is 6.04 Å². The molecule has 6 heteroatoms. The topological polar surface area (TPSA) is 36.4 Å². The van der Waals surface area contributed by atoms with E-state index in [2.05, 4.69) is 21.7 Å². The molecule has 0 unspecified atom stereocenters. The maximum Gasteiger partial charge on any atom is 0.298 e. The van der Waals surface area contributed by atoms with Gasteiger partial charge in [0.1, 0.15) is 0 Å². The van der Waals surface area contributed by atoms with E-state index in [-0.39, 0.29) is 5.91 Å². The van der Waals surface area contributed by atoms with E-state index >= 15 is 0 Å². The molecular formula is C16H14ClN3OS. The van der Waals surface area contributed by atoms with Crippen LogP contribution in [0.4, 0.5) is 5.13 Å². The van der Waals surface area contributed by atoms with Gasteiger partial charge in [-0.05, 0) is 18.2 Å². The van der Waals surface area contributed by atoms with Crippen LogP contribution in [0.15, 0.2) is 35.8 Å². The number of carbonyl (C=O) groups is 1. The van der Waals surface area contributed by atoms with Crippen molar-refractivity contribution in [1.29, 1.82) is 0 Å². The summed E-state index contributed by atoms with van der Waals surface area (Å²) >= 11 is 7.49. The fourth-order valence-corrected chi connectivity index (χ4v) is 3.05. The van der Waals surface area contributed by atoms with E-state index in [1.54, 1.807) is 34.6 Å². The van der Waals surface area contributed by atoms with Gasteiger partial charge in [-0.1, -0.05) is 23.6 Å². The van der Waals surface area contributed by atoms with Crippen LogP contribution in [-0.2, 0) is 4.79 Å². The summed E-state index contributed by atoms with van der Waals surface area (Å²) in [6, 6.07) is 7.49. The third kappa shape index (κ3) is 3.24. The van der Waals surface area contributed by atoms with Crippen molar-refractivity contribution in [3.63, 3.8) is 0 Å². The number of hydrogen-bond donors (Lipinski definition) is 0. The van der Waals surface area contributed by atoms with Crippen molar-refractivity contribution < 1.29 is 4.79 Å². The fraction of sp³-hybridized carbons (Fsp3) is 0.250. The summed E-state index contributed by atoms with van der Waals surface area (Å²) in [5.74, 6) is 5.38. The molecule has 1 aromatic heterocycles. The molecule has 1 fully saturated rings. The highest BCUT2D eigenvalue weighted by Crippen LogP contribution is 2.22. The lowest BCUT2D eigenvalue weighted by atomic mass is 10.1. The van der Waals surface area contributed by atoms with Crippen molar-refractivity contribution in [2.45, 2.75) is 6.04 Å². The van der Waals surface area contributed by atoms with Gasteiger partial charge in [0, 0.05) is 48.2 Å². The molecule has 0 N–H and O–H groups in total. The minimum atomic E-state index is -0.149. The van der Waals surface area contributed by atoms with Gasteiger partial charge in [-0.3, -0.25) is 4.79 Å². The highest BCUT2D eigenvalue weighted by atomic mass is 35.5. The van der Waals surface area contributed by atoms with Crippen LogP contribution in [-0.4, -0.2) is 42.0 Å². The number of carbonyl (C=O) groups excluding carboxylic acids is 1. The molecule has 0 bridgehead atoms. The first-order valence-corrected chi connectivity index (χ1v) is 8.08. The van der Waals surface area contributed by atoms with Crippen LogP contribution in [0.5, 0.6) is 0 Å². The molecule has 1 aromatic carbocycles. The van der Waals surface area contributed by atoms with Crippen molar-refractivity contribution in [1.82, 2.24) is 9.88 Å². The largest absolute Gasteiger partial charge is 0.345 e. The van der Waals surface area contributed by atoms with Gasteiger partial charge in [-0.25, -0.2) is 4.98 Å². The molecule has 1 amide bonds. The van der Waals surface area contributed by atoms with E-state index < -0.39 is 0 Å². The molecule has 2 heterocycles. The summed E-state index contributed by atoms with van der Waals surface area (Å²) in [7, 11) is 2.00. The van der Waals surface area contributed by atoms with Gasteiger partial charge in [0.15, 0.2) is 5.13 Å². The van der Waals surface area contributed by atoms with Gasteiger partial charge in [0.25, 0.3) is 5.91 Å². The normalized spacial score (nSPS) is 14.0. The second kappa shape index (κ2) is 6.39. The van der Waals surface area contributed by atoms with Crippen LogP contribution in [0.1, 0.15) is 5.56 Å². The fourth-order valence-electron chi connectivity index (χ4n) is 2.18. The monoisotopic (exact) mass is 331 g/mol. The first-order chi connectivity index (χ1) is 10.6. The number of amides is 1. The first-order valence-electron chi connectivity index (χ1n) is 6.82. The SMILES string of the molecule is CN(c1nccs1)C1CN(C(=O)C#Cc2cccc(Cl)c2)C1. The van der Waals surface area contributed by atoms with E-state index in [4.69, 9.17) is 11.6 Å². The number of rotatable bonds is 2. The third-order valence-electron chi connectivity index (χ3n) is 3.56. The molecule has 1 aliphatic rings. The lowest BCUT2D eigenvalue weighted by Gasteiger charge is -2.42. The molecule has 1 aliphatic heterocycles. The summed E-state index contributed by atoms with van der Waals surface area (Å²) in [5, 5.41) is 3.54. The summed E-state index contributed by atoms with van der Waals surface area (Å²) in [6.45, 7) is 1.36. The number of anilines is 1. The molecule has 3 rings (SSSR count). The Morgan fingerprint density at radius 2 is 2.32 bits per heavy atom. The van der Waals surface area contributed by atoms with Crippen molar-refractivity contribution in [3.8, 4) is 11.8 Å². The van der Waals surface area contributed by atoms with Crippen LogP contribution in [0.2, 0.25) is 5.02 Å². The quantitative estimate of drug-likeness (QED) is 0.793. The Hall–Kier alpha value is -2.03. The van der Waals surface area contributed by atoms with Crippen molar-refractivity contribution in [2.75, 3.05) is 25.0 Å². The molecule has 0 radical (unpaired) electrons. The molecule has 0 aliphatic carbocycles. The Kier molecular flexibility index (Phi) is 4.32. The minimum absolute atomic E-state index is 0.149. The number of likely N-dealkylation sites (N-methyl/N-ethyl adjacent to an activating group) is 1. The van der Waals surface area contributed by atoms with Gasteiger partial charge in [-0.15, -0.1) is 11.3 Å². The predicted molar refractivity (Wildman–Crippen MR) is 89.2 cm³/mol. The first kappa shape index (κ1) is 14.9. The number of likely N-dealkylation sites (tertiary alicyclic amines) is 1. The number of benzene rings is 1. The van der Waals surface area contributed by atoms with Crippen LogP contribution < -0.4 is 4.90 Å². The Morgan fingerprint density at radius 3 is 3.00 bits per heavy atom.